The Morgan fingerprint density at radius 1 is 1.42 bits per heavy atom. The zero-order chi connectivity index (χ0) is 13.2. The summed E-state index contributed by atoms with van der Waals surface area (Å²) in [5, 5.41) is 4.97. The van der Waals surface area contributed by atoms with Gasteiger partial charge in [0.2, 0.25) is 0 Å². The van der Waals surface area contributed by atoms with Crippen molar-refractivity contribution in [3.05, 3.63) is 40.0 Å². The highest BCUT2D eigenvalue weighted by Gasteiger charge is 2.23. The van der Waals surface area contributed by atoms with Crippen LogP contribution in [0, 0.1) is 0 Å². The minimum atomic E-state index is -0.0491. The summed E-state index contributed by atoms with van der Waals surface area (Å²) in [6, 6.07) is 2.09. The van der Waals surface area contributed by atoms with Crippen LogP contribution in [-0.2, 0) is 13.0 Å². The fourth-order valence-electron chi connectivity index (χ4n) is 2.15. The largest absolute Gasteiger partial charge is 0.372 e. The molecule has 0 saturated heterocycles. The van der Waals surface area contributed by atoms with E-state index in [4.69, 9.17) is 0 Å². The van der Waals surface area contributed by atoms with Gasteiger partial charge < -0.3 is 10.2 Å². The molecule has 1 N–H and O–H groups in total. The highest BCUT2D eigenvalue weighted by Crippen LogP contribution is 2.24. The van der Waals surface area contributed by atoms with Gasteiger partial charge in [0, 0.05) is 25.0 Å². The molecule has 1 aliphatic rings. The standard InChI is InChI=1S/C13H14N4OS/c1-14-12-7-15-10(6-16-12)13(18)17-4-2-11-9(8-17)3-5-19-11/h3,5-7H,2,4,8H2,1H3,(H,14,16). The van der Waals surface area contributed by atoms with E-state index in [2.05, 4.69) is 26.7 Å². The van der Waals surface area contributed by atoms with E-state index in [9.17, 15) is 4.79 Å². The van der Waals surface area contributed by atoms with Crippen LogP contribution >= 0.6 is 11.3 Å². The average molecular weight is 274 g/mol. The monoisotopic (exact) mass is 274 g/mol. The Morgan fingerprint density at radius 3 is 3.05 bits per heavy atom. The Morgan fingerprint density at radius 2 is 2.32 bits per heavy atom. The first kappa shape index (κ1) is 12.1. The van der Waals surface area contributed by atoms with E-state index in [-0.39, 0.29) is 5.91 Å². The van der Waals surface area contributed by atoms with Crippen molar-refractivity contribution in [2.75, 3.05) is 18.9 Å². The number of thiophene rings is 1. The van der Waals surface area contributed by atoms with E-state index in [1.807, 2.05) is 4.90 Å². The molecule has 3 rings (SSSR count). The normalized spacial score (nSPS) is 14.1. The van der Waals surface area contributed by atoms with E-state index >= 15 is 0 Å². The van der Waals surface area contributed by atoms with Gasteiger partial charge in [0.25, 0.3) is 5.91 Å². The van der Waals surface area contributed by atoms with Gasteiger partial charge in [-0.1, -0.05) is 0 Å². The third-order valence-corrected chi connectivity index (χ3v) is 4.24. The topological polar surface area (TPSA) is 58.1 Å². The Labute approximate surface area is 115 Å². The van der Waals surface area contributed by atoms with Crippen LogP contribution in [0.5, 0.6) is 0 Å². The Kier molecular flexibility index (Phi) is 3.16. The summed E-state index contributed by atoms with van der Waals surface area (Å²) in [5.41, 5.74) is 1.65. The number of hydrogen-bond donors (Lipinski definition) is 1. The molecule has 6 heteroatoms. The van der Waals surface area contributed by atoms with Crippen LogP contribution in [0.4, 0.5) is 5.82 Å². The first-order chi connectivity index (χ1) is 9.28. The number of nitrogens with one attached hydrogen (secondary N) is 1. The lowest BCUT2D eigenvalue weighted by molar-refractivity contribution is 0.0729. The second-order valence-corrected chi connectivity index (χ2v) is 5.38. The minimum Gasteiger partial charge on any atom is -0.372 e. The maximum atomic E-state index is 12.3. The molecule has 1 amide bonds. The van der Waals surface area contributed by atoms with Crippen LogP contribution in [0.3, 0.4) is 0 Å². The summed E-state index contributed by atoms with van der Waals surface area (Å²) >= 11 is 1.77. The Bertz CT molecular complexity index is 593. The molecule has 2 aromatic rings. The van der Waals surface area contributed by atoms with Crippen molar-refractivity contribution >= 4 is 23.1 Å². The van der Waals surface area contributed by atoms with E-state index in [1.54, 1.807) is 24.6 Å². The molecule has 0 fully saturated rings. The number of carbonyl (C=O) groups excluding carboxylic acids is 1. The van der Waals surface area contributed by atoms with Crippen LogP contribution in [0.2, 0.25) is 0 Å². The average Bonchev–Trinajstić information content (AvgIpc) is 2.94. The van der Waals surface area contributed by atoms with Gasteiger partial charge in [-0.3, -0.25) is 4.79 Å². The molecule has 98 valence electrons. The lowest BCUT2D eigenvalue weighted by Gasteiger charge is -2.26. The fraction of sp³-hybridized carbons (Fsp3) is 0.308. The predicted molar refractivity (Wildman–Crippen MR) is 74.3 cm³/mol. The van der Waals surface area contributed by atoms with E-state index in [0.717, 1.165) is 13.0 Å². The number of hydrogen-bond acceptors (Lipinski definition) is 5. The lowest BCUT2D eigenvalue weighted by atomic mass is 10.1. The van der Waals surface area contributed by atoms with Gasteiger partial charge in [0.15, 0.2) is 0 Å². The van der Waals surface area contributed by atoms with E-state index in [0.29, 0.717) is 18.1 Å². The van der Waals surface area contributed by atoms with Crippen LogP contribution in [0.25, 0.3) is 0 Å². The SMILES string of the molecule is CNc1cnc(C(=O)N2CCc3sccc3C2)cn1. The summed E-state index contributed by atoms with van der Waals surface area (Å²) in [6.07, 6.45) is 4.03. The maximum absolute atomic E-state index is 12.3. The molecule has 1 aliphatic heterocycles. The van der Waals surface area contributed by atoms with Crippen LogP contribution in [-0.4, -0.2) is 34.4 Å². The number of carbonyl (C=O) groups is 1. The van der Waals surface area contributed by atoms with Crippen LogP contribution in [0.1, 0.15) is 20.9 Å². The van der Waals surface area contributed by atoms with Crippen molar-refractivity contribution in [1.29, 1.82) is 0 Å². The van der Waals surface area contributed by atoms with Gasteiger partial charge in [-0.15, -0.1) is 11.3 Å². The van der Waals surface area contributed by atoms with Crippen molar-refractivity contribution in [2.45, 2.75) is 13.0 Å². The molecule has 19 heavy (non-hydrogen) atoms. The van der Waals surface area contributed by atoms with Crippen LogP contribution in [0.15, 0.2) is 23.8 Å². The highest BCUT2D eigenvalue weighted by atomic mass is 32.1. The Balaban J connectivity index is 1.77. The Hall–Kier alpha value is -1.95. The number of anilines is 1. The first-order valence-corrected chi connectivity index (χ1v) is 7.00. The maximum Gasteiger partial charge on any atom is 0.274 e. The second kappa shape index (κ2) is 4.97. The van der Waals surface area contributed by atoms with Gasteiger partial charge in [0.1, 0.15) is 11.5 Å². The van der Waals surface area contributed by atoms with Gasteiger partial charge in [-0.05, 0) is 23.4 Å². The van der Waals surface area contributed by atoms with Gasteiger partial charge in [0.05, 0.1) is 12.4 Å². The van der Waals surface area contributed by atoms with Crippen molar-refractivity contribution in [2.24, 2.45) is 0 Å². The quantitative estimate of drug-likeness (QED) is 0.907. The number of fused-ring (bicyclic) bond motifs is 1. The minimum absolute atomic E-state index is 0.0491. The first-order valence-electron chi connectivity index (χ1n) is 6.12. The van der Waals surface area contributed by atoms with Crippen molar-refractivity contribution in [3.63, 3.8) is 0 Å². The molecule has 0 aromatic carbocycles. The molecule has 0 unspecified atom stereocenters. The van der Waals surface area contributed by atoms with E-state index in [1.165, 1.54) is 16.6 Å². The molecule has 3 heterocycles. The number of aromatic nitrogens is 2. The van der Waals surface area contributed by atoms with Gasteiger partial charge >= 0.3 is 0 Å². The summed E-state index contributed by atoms with van der Waals surface area (Å²) in [6.45, 7) is 1.43. The highest BCUT2D eigenvalue weighted by molar-refractivity contribution is 7.10. The number of amides is 1. The second-order valence-electron chi connectivity index (χ2n) is 4.38. The van der Waals surface area contributed by atoms with Crippen LogP contribution < -0.4 is 5.32 Å². The van der Waals surface area contributed by atoms with Crippen molar-refractivity contribution in [3.8, 4) is 0 Å². The van der Waals surface area contributed by atoms with Gasteiger partial charge in [-0.2, -0.15) is 0 Å². The third kappa shape index (κ3) is 2.31. The molecule has 0 spiro atoms. The lowest BCUT2D eigenvalue weighted by Crippen LogP contribution is -2.35. The zero-order valence-corrected chi connectivity index (χ0v) is 11.4. The molecule has 0 saturated carbocycles. The van der Waals surface area contributed by atoms with Crippen molar-refractivity contribution in [1.82, 2.24) is 14.9 Å². The molecule has 0 radical (unpaired) electrons. The smallest absolute Gasteiger partial charge is 0.274 e. The zero-order valence-electron chi connectivity index (χ0n) is 10.6. The summed E-state index contributed by atoms with van der Waals surface area (Å²) in [7, 11) is 1.77. The molecular weight excluding hydrogens is 260 g/mol. The van der Waals surface area contributed by atoms with Gasteiger partial charge in [-0.25, -0.2) is 9.97 Å². The van der Waals surface area contributed by atoms with Crippen molar-refractivity contribution < 1.29 is 4.79 Å². The summed E-state index contributed by atoms with van der Waals surface area (Å²) in [4.78, 5) is 23.8. The third-order valence-electron chi connectivity index (χ3n) is 3.22. The predicted octanol–water partition coefficient (Wildman–Crippen LogP) is 1.78. The molecule has 0 aliphatic carbocycles. The van der Waals surface area contributed by atoms with E-state index < -0.39 is 0 Å². The summed E-state index contributed by atoms with van der Waals surface area (Å²) in [5.74, 6) is 0.613. The molecule has 2 aromatic heterocycles. The molecular formula is C13H14N4OS. The number of nitrogens with zero attached hydrogens (tertiary/aromatic N) is 3. The summed E-state index contributed by atoms with van der Waals surface area (Å²) < 4.78 is 0. The number of rotatable bonds is 2. The molecule has 5 nitrogen and oxygen atoms in total. The molecule has 0 atom stereocenters. The fourth-order valence-corrected chi connectivity index (χ4v) is 3.04. The molecule has 0 bridgehead atoms.